The van der Waals surface area contributed by atoms with Gasteiger partial charge < -0.3 is 11.1 Å². The minimum Gasteiger partial charge on any atom is -0.348 e. The highest BCUT2D eigenvalue weighted by Crippen LogP contribution is 2.18. The second-order valence-electron chi connectivity index (χ2n) is 6.22. The zero-order valence-corrected chi connectivity index (χ0v) is 17.2. The van der Waals surface area contributed by atoms with Crippen LogP contribution in [0.2, 0.25) is 0 Å². The van der Waals surface area contributed by atoms with Gasteiger partial charge in [-0.15, -0.1) is 23.7 Å². The van der Waals surface area contributed by atoms with Gasteiger partial charge in [0.15, 0.2) is 0 Å². The third-order valence-corrected chi connectivity index (χ3v) is 7.05. The van der Waals surface area contributed by atoms with Crippen molar-refractivity contribution in [1.82, 2.24) is 14.6 Å². The second-order valence-corrected chi connectivity index (χ2v) is 9.13. The summed E-state index contributed by atoms with van der Waals surface area (Å²) in [7, 11) is -3.34. The maximum atomic E-state index is 12.6. The summed E-state index contributed by atoms with van der Waals surface area (Å²) in [5.41, 5.74) is 6.66. The van der Waals surface area contributed by atoms with E-state index in [0.29, 0.717) is 38.2 Å². The van der Waals surface area contributed by atoms with E-state index in [-0.39, 0.29) is 30.1 Å². The molecule has 1 aliphatic rings. The Balaban J connectivity index is 0.00000261. The molecule has 1 aliphatic heterocycles. The number of nitrogens with zero attached hydrogens (tertiary/aromatic N) is 2. The lowest BCUT2D eigenvalue weighted by molar-refractivity contribution is 0.0919. The molecule has 1 saturated heterocycles. The Morgan fingerprint density at radius 1 is 1.26 bits per heavy atom. The summed E-state index contributed by atoms with van der Waals surface area (Å²) < 4.78 is 26.6. The van der Waals surface area contributed by atoms with Gasteiger partial charge in [-0.05, 0) is 18.4 Å². The molecule has 0 bridgehead atoms. The van der Waals surface area contributed by atoms with Gasteiger partial charge in [0.2, 0.25) is 10.0 Å². The van der Waals surface area contributed by atoms with Crippen LogP contribution in [0.4, 0.5) is 0 Å². The van der Waals surface area contributed by atoms with Crippen molar-refractivity contribution >= 4 is 39.7 Å². The summed E-state index contributed by atoms with van der Waals surface area (Å²) >= 11 is 1.36. The van der Waals surface area contributed by atoms with Crippen LogP contribution in [0.15, 0.2) is 35.7 Å². The van der Waals surface area contributed by atoms with Gasteiger partial charge >= 0.3 is 0 Å². The fraction of sp³-hybridized carbons (Fsp3) is 0.412. The van der Waals surface area contributed by atoms with E-state index in [0.717, 1.165) is 10.6 Å². The minimum atomic E-state index is -3.34. The van der Waals surface area contributed by atoms with Gasteiger partial charge in [0.1, 0.15) is 10.7 Å². The number of rotatable bonds is 6. The Bertz CT molecular complexity index is 850. The number of hydrogen-bond donors (Lipinski definition) is 2. The van der Waals surface area contributed by atoms with Crippen molar-refractivity contribution < 1.29 is 13.2 Å². The van der Waals surface area contributed by atoms with Crippen LogP contribution in [0.5, 0.6) is 0 Å². The number of carbonyl (C=O) groups is 1. The summed E-state index contributed by atoms with van der Waals surface area (Å²) in [6.07, 6.45) is 1.18. The fourth-order valence-corrected chi connectivity index (χ4v) is 5.14. The van der Waals surface area contributed by atoms with Gasteiger partial charge in [-0.2, -0.15) is 0 Å². The molecule has 10 heteroatoms. The predicted octanol–water partition coefficient (Wildman–Crippen LogP) is 1.75. The zero-order chi connectivity index (χ0) is 18.6. The number of nitrogens with one attached hydrogen (secondary N) is 1. The number of hydrogen-bond acceptors (Lipinski definition) is 6. The Kier molecular flexibility index (Phi) is 7.75. The van der Waals surface area contributed by atoms with E-state index in [1.165, 1.54) is 15.6 Å². The van der Waals surface area contributed by atoms with E-state index in [9.17, 15) is 13.2 Å². The normalized spacial score (nSPS) is 15.9. The van der Waals surface area contributed by atoms with E-state index in [2.05, 4.69) is 10.3 Å². The topological polar surface area (TPSA) is 105 Å². The quantitative estimate of drug-likeness (QED) is 0.726. The molecular weight excluding hydrogens is 408 g/mol. The molecule has 1 aromatic heterocycles. The Morgan fingerprint density at radius 3 is 2.52 bits per heavy atom. The molecule has 1 fully saturated rings. The molecule has 1 aromatic carbocycles. The zero-order valence-electron chi connectivity index (χ0n) is 14.7. The lowest BCUT2D eigenvalue weighted by Crippen LogP contribution is -2.46. The van der Waals surface area contributed by atoms with Crippen LogP contribution in [0.3, 0.4) is 0 Å². The number of benzene rings is 1. The molecule has 0 aliphatic carbocycles. The molecule has 0 atom stereocenters. The SMILES string of the molecule is Cl.NCc1nc(C(=O)NC2CCN(S(=O)(=O)Cc3ccccc3)CC2)cs1. The molecule has 148 valence electrons. The molecule has 2 aromatic rings. The van der Waals surface area contributed by atoms with Crippen LogP contribution in [-0.2, 0) is 22.3 Å². The first-order chi connectivity index (χ1) is 12.5. The van der Waals surface area contributed by atoms with Crippen LogP contribution in [-0.4, -0.2) is 42.7 Å². The third-order valence-electron chi connectivity index (χ3n) is 4.33. The number of amides is 1. The highest BCUT2D eigenvalue weighted by atomic mass is 35.5. The molecule has 1 amide bonds. The third kappa shape index (κ3) is 5.73. The predicted molar refractivity (Wildman–Crippen MR) is 108 cm³/mol. The monoisotopic (exact) mass is 430 g/mol. The van der Waals surface area contributed by atoms with Gasteiger partial charge in [0, 0.05) is 31.1 Å². The molecular formula is C17H23ClN4O3S2. The number of carbonyl (C=O) groups excluding carboxylic acids is 1. The summed E-state index contributed by atoms with van der Waals surface area (Å²) in [5, 5.41) is 5.35. The Labute approximate surface area is 169 Å². The van der Waals surface area contributed by atoms with Gasteiger partial charge in [-0.3, -0.25) is 4.79 Å². The van der Waals surface area contributed by atoms with E-state index >= 15 is 0 Å². The van der Waals surface area contributed by atoms with Crippen molar-refractivity contribution in [1.29, 1.82) is 0 Å². The number of halogens is 1. The summed E-state index contributed by atoms with van der Waals surface area (Å²) in [6.45, 7) is 1.13. The highest BCUT2D eigenvalue weighted by molar-refractivity contribution is 7.88. The molecule has 0 spiro atoms. The van der Waals surface area contributed by atoms with E-state index in [4.69, 9.17) is 5.73 Å². The summed E-state index contributed by atoms with van der Waals surface area (Å²) in [4.78, 5) is 16.4. The maximum Gasteiger partial charge on any atom is 0.270 e. The second kappa shape index (κ2) is 9.61. The van der Waals surface area contributed by atoms with Gasteiger partial charge in [-0.1, -0.05) is 30.3 Å². The van der Waals surface area contributed by atoms with Gasteiger partial charge in [0.05, 0.1) is 5.75 Å². The molecule has 0 saturated carbocycles. The first kappa shape index (κ1) is 21.8. The molecule has 27 heavy (non-hydrogen) atoms. The van der Waals surface area contributed by atoms with Gasteiger partial charge in [-0.25, -0.2) is 17.7 Å². The van der Waals surface area contributed by atoms with Crippen LogP contribution < -0.4 is 11.1 Å². The van der Waals surface area contributed by atoms with Crippen molar-refractivity contribution in [3.05, 3.63) is 52.0 Å². The number of piperidine rings is 1. The van der Waals surface area contributed by atoms with Crippen molar-refractivity contribution in [3.8, 4) is 0 Å². The molecule has 3 rings (SSSR count). The van der Waals surface area contributed by atoms with Crippen molar-refractivity contribution in [2.75, 3.05) is 13.1 Å². The van der Waals surface area contributed by atoms with Gasteiger partial charge in [0.25, 0.3) is 5.91 Å². The fourth-order valence-electron chi connectivity index (χ4n) is 2.92. The summed E-state index contributed by atoms with van der Waals surface area (Å²) in [5.74, 6) is -0.225. The number of aromatic nitrogens is 1. The average molecular weight is 431 g/mol. The molecule has 3 N–H and O–H groups in total. The van der Waals surface area contributed by atoms with Crippen LogP contribution in [0.25, 0.3) is 0 Å². The largest absolute Gasteiger partial charge is 0.348 e. The maximum absolute atomic E-state index is 12.6. The highest BCUT2D eigenvalue weighted by Gasteiger charge is 2.29. The lowest BCUT2D eigenvalue weighted by atomic mass is 10.1. The van der Waals surface area contributed by atoms with E-state index in [1.54, 1.807) is 5.38 Å². The molecule has 2 heterocycles. The smallest absolute Gasteiger partial charge is 0.270 e. The first-order valence-corrected chi connectivity index (χ1v) is 10.9. The molecule has 0 radical (unpaired) electrons. The van der Waals surface area contributed by atoms with Crippen molar-refractivity contribution in [2.24, 2.45) is 5.73 Å². The minimum absolute atomic E-state index is 0. The number of thiazole rings is 1. The molecule has 0 unspecified atom stereocenters. The standard InChI is InChI=1S/C17H22N4O3S2.ClH/c18-10-16-20-15(11-25-16)17(22)19-14-6-8-21(9-7-14)26(23,24)12-13-4-2-1-3-5-13;/h1-5,11,14H,6-10,12,18H2,(H,19,22);1H. The lowest BCUT2D eigenvalue weighted by Gasteiger charge is -2.31. The van der Waals surface area contributed by atoms with Crippen molar-refractivity contribution in [3.63, 3.8) is 0 Å². The first-order valence-electron chi connectivity index (χ1n) is 8.45. The Morgan fingerprint density at radius 2 is 1.93 bits per heavy atom. The Hall–Kier alpha value is -1.52. The van der Waals surface area contributed by atoms with Crippen LogP contribution >= 0.6 is 23.7 Å². The van der Waals surface area contributed by atoms with E-state index < -0.39 is 10.0 Å². The number of nitrogens with two attached hydrogens (primary N) is 1. The molecule has 7 nitrogen and oxygen atoms in total. The van der Waals surface area contributed by atoms with Crippen LogP contribution in [0.1, 0.15) is 33.9 Å². The number of sulfonamides is 1. The summed E-state index contributed by atoms with van der Waals surface area (Å²) in [6, 6.07) is 9.11. The average Bonchev–Trinajstić information content (AvgIpc) is 3.12. The van der Waals surface area contributed by atoms with Crippen LogP contribution in [0, 0.1) is 0 Å². The van der Waals surface area contributed by atoms with Crippen molar-refractivity contribution in [2.45, 2.75) is 31.2 Å². The van der Waals surface area contributed by atoms with E-state index in [1.807, 2.05) is 30.3 Å².